The molecule has 1 rings (SSSR count). The predicted octanol–water partition coefficient (Wildman–Crippen LogP) is 2.25. The topological polar surface area (TPSA) is 58.6 Å². The molecule has 0 saturated heterocycles. The lowest BCUT2D eigenvalue weighted by atomic mass is 9.83. The van der Waals surface area contributed by atoms with E-state index in [1.54, 1.807) is 0 Å². The van der Waals surface area contributed by atoms with Crippen molar-refractivity contribution < 1.29 is 14.6 Å². The standard InChI is InChI=1S/C15H29NO3/c1-15(2,3)19-11-14(18)16-13(9-10-17)12-7-5-4-6-8-12/h12-13,17H,4-11H2,1-3H3,(H,16,18). The van der Waals surface area contributed by atoms with Gasteiger partial charge in [0.15, 0.2) is 0 Å². The van der Waals surface area contributed by atoms with E-state index in [9.17, 15) is 4.79 Å². The van der Waals surface area contributed by atoms with Gasteiger partial charge in [0.1, 0.15) is 6.61 Å². The second kappa shape index (κ2) is 7.85. The number of hydrogen-bond acceptors (Lipinski definition) is 3. The maximum Gasteiger partial charge on any atom is 0.246 e. The third kappa shape index (κ3) is 6.92. The molecule has 1 aliphatic carbocycles. The molecular formula is C15H29NO3. The van der Waals surface area contributed by atoms with Gasteiger partial charge in [-0.25, -0.2) is 0 Å². The van der Waals surface area contributed by atoms with Crippen LogP contribution in [0.3, 0.4) is 0 Å². The van der Waals surface area contributed by atoms with Crippen LogP contribution < -0.4 is 5.32 Å². The van der Waals surface area contributed by atoms with Crippen LogP contribution in [-0.4, -0.2) is 35.9 Å². The fraction of sp³-hybridized carbons (Fsp3) is 0.933. The number of hydrogen-bond donors (Lipinski definition) is 2. The monoisotopic (exact) mass is 271 g/mol. The lowest BCUT2D eigenvalue weighted by Crippen LogP contribution is -2.44. The van der Waals surface area contributed by atoms with Gasteiger partial charge in [-0.15, -0.1) is 0 Å². The largest absolute Gasteiger partial charge is 0.396 e. The van der Waals surface area contributed by atoms with E-state index < -0.39 is 0 Å². The molecule has 1 unspecified atom stereocenters. The van der Waals surface area contributed by atoms with E-state index in [0.29, 0.717) is 12.3 Å². The Morgan fingerprint density at radius 1 is 1.32 bits per heavy atom. The summed E-state index contributed by atoms with van der Waals surface area (Å²) in [5.41, 5.74) is -0.297. The van der Waals surface area contributed by atoms with Crippen LogP contribution in [0.2, 0.25) is 0 Å². The summed E-state index contributed by atoms with van der Waals surface area (Å²) in [6.45, 7) is 6.03. The summed E-state index contributed by atoms with van der Waals surface area (Å²) in [6, 6.07) is 0.0985. The van der Waals surface area contributed by atoms with Crippen LogP contribution >= 0.6 is 0 Å². The molecule has 1 amide bonds. The van der Waals surface area contributed by atoms with Crippen molar-refractivity contribution in [2.24, 2.45) is 5.92 Å². The Bertz CT molecular complexity index is 267. The van der Waals surface area contributed by atoms with Crippen LogP contribution in [-0.2, 0) is 9.53 Å². The predicted molar refractivity (Wildman–Crippen MR) is 75.9 cm³/mol. The first-order chi connectivity index (χ1) is 8.92. The molecule has 4 heteroatoms. The smallest absolute Gasteiger partial charge is 0.246 e. The molecule has 0 bridgehead atoms. The van der Waals surface area contributed by atoms with E-state index in [4.69, 9.17) is 9.84 Å². The fourth-order valence-corrected chi connectivity index (χ4v) is 2.63. The van der Waals surface area contributed by atoms with Crippen molar-refractivity contribution in [3.8, 4) is 0 Å². The highest BCUT2D eigenvalue weighted by Crippen LogP contribution is 2.27. The molecule has 0 aromatic rings. The van der Waals surface area contributed by atoms with Gasteiger partial charge in [-0.05, 0) is 46.0 Å². The molecule has 0 spiro atoms. The summed E-state index contributed by atoms with van der Waals surface area (Å²) >= 11 is 0. The Hall–Kier alpha value is -0.610. The van der Waals surface area contributed by atoms with Gasteiger partial charge in [-0.2, -0.15) is 0 Å². The Morgan fingerprint density at radius 2 is 1.95 bits per heavy atom. The average Bonchev–Trinajstić information content (AvgIpc) is 2.36. The Kier molecular flexibility index (Phi) is 6.80. The summed E-state index contributed by atoms with van der Waals surface area (Å²) in [7, 11) is 0. The van der Waals surface area contributed by atoms with Crippen molar-refractivity contribution in [3.05, 3.63) is 0 Å². The van der Waals surface area contributed by atoms with Gasteiger partial charge in [0, 0.05) is 12.6 Å². The molecule has 0 aliphatic heterocycles. The van der Waals surface area contributed by atoms with E-state index in [1.807, 2.05) is 20.8 Å². The molecule has 19 heavy (non-hydrogen) atoms. The number of amides is 1. The van der Waals surface area contributed by atoms with Crippen molar-refractivity contribution in [1.29, 1.82) is 0 Å². The molecule has 1 saturated carbocycles. The first-order valence-corrected chi connectivity index (χ1v) is 7.46. The molecule has 0 heterocycles. The quantitative estimate of drug-likeness (QED) is 0.779. The summed E-state index contributed by atoms with van der Waals surface area (Å²) < 4.78 is 5.48. The van der Waals surface area contributed by atoms with E-state index in [-0.39, 0.29) is 30.8 Å². The van der Waals surface area contributed by atoms with E-state index >= 15 is 0 Å². The zero-order valence-corrected chi connectivity index (χ0v) is 12.6. The van der Waals surface area contributed by atoms with Crippen molar-refractivity contribution >= 4 is 5.91 Å². The first kappa shape index (κ1) is 16.4. The first-order valence-electron chi connectivity index (χ1n) is 7.46. The second-order valence-corrected chi connectivity index (χ2v) is 6.49. The molecule has 0 aromatic heterocycles. The summed E-state index contributed by atoms with van der Waals surface area (Å²) in [5, 5.41) is 12.2. The van der Waals surface area contributed by atoms with E-state index in [1.165, 1.54) is 19.3 Å². The van der Waals surface area contributed by atoms with Crippen molar-refractivity contribution in [2.75, 3.05) is 13.2 Å². The van der Waals surface area contributed by atoms with Gasteiger partial charge in [-0.3, -0.25) is 4.79 Å². The second-order valence-electron chi connectivity index (χ2n) is 6.49. The maximum absolute atomic E-state index is 11.9. The summed E-state index contributed by atoms with van der Waals surface area (Å²) in [5.74, 6) is 0.443. The summed E-state index contributed by atoms with van der Waals surface area (Å²) in [4.78, 5) is 11.9. The van der Waals surface area contributed by atoms with Crippen LogP contribution in [0, 0.1) is 5.92 Å². The van der Waals surface area contributed by atoms with Gasteiger partial charge >= 0.3 is 0 Å². The summed E-state index contributed by atoms with van der Waals surface area (Å²) in [6.07, 6.45) is 6.73. The highest BCUT2D eigenvalue weighted by atomic mass is 16.5. The van der Waals surface area contributed by atoms with Gasteiger partial charge in [-0.1, -0.05) is 19.3 Å². The number of aliphatic hydroxyl groups is 1. The third-order valence-electron chi connectivity index (χ3n) is 3.64. The zero-order valence-electron chi connectivity index (χ0n) is 12.6. The highest BCUT2D eigenvalue weighted by molar-refractivity contribution is 5.77. The zero-order chi connectivity index (χ0) is 14.3. The average molecular weight is 271 g/mol. The van der Waals surface area contributed by atoms with Gasteiger partial charge in [0.25, 0.3) is 0 Å². The number of carbonyl (C=O) groups is 1. The van der Waals surface area contributed by atoms with Gasteiger partial charge in [0.2, 0.25) is 5.91 Å². The van der Waals surface area contributed by atoms with E-state index in [2.05, 4.69) is 5.32 Å². The highest BCUT2D eigenvalue weighted by Gasteiger charge is 2.25. The third-order valence-corrected chi connectivity index (χ3v) is 3.64. The van der Waals surface area contributed by atoms with Crippen molar-refractivity contribution in [3.63, 3.8) is 0 Å². The number of nitrogens with one attached hydrogen (secondary N) is 1. The molecule has 112 valence electrons. The molecule has 1 aliphatic rings. The SMILES string of the molecule is CC(C)(C)OCC(=O)NC(CCO)C1CCCCC1. The molecule has 4 nitrogen and oxygen atoms in total. The minimum Gasteiger partial charge on any atom is -0.396 e. The molecule has 0 radical (unpaired) electrons. The van der Waals surface area contributed by atoms with Crippen LogP contribution in [0.5, 0.6) is 0 Å². The lowest BCUT2D eigenvalue weighted by Gasteiger charge is -2.31. The number of aliphatic hydroxyl groups excluding tert-OH is 1. The number of carbonyl (C=O) groups excluding carboxylic acids is 1. The van der Waals surface area contributed by atoms with Crippen molar-refractivity contribution in [1.82, 2.24) is 5.32 Å². The molecule has 0 aromatic carbocycles. The molecule has 1 atom stereocenters. The van der Waals surface area contributed by atoms with Gasteiger partial charge in [0.05, 0.1) is 5.60 Å². The number of ether oxygens (including phenoxy) is 1. The van der Waals surface area contributed by atoms with Crippen LogP contribution in [0.25, 0.3) is 0 Å². The maximum atomic E-state index is 11.9. The molecule has 1 fully saturated rings. The normalized spacial score (nSPS) is 19.2. The Balaban J connectivity index is 2.41. The lowest BCUT2D eigenvalue weighted by molar-refractivity contribution is -0.131. The molecule has 2 N–H and O–H groups in total. The molecular weight excluding hydrogens is 242 g/mol. The Labute approximate surface area is 116 Å². The minimum atomic E-state index is -0.297. The van der Waals surface area contributed by atoms with Gasteiger partial charge < -0.3 is 15.2 Å². The van der Waals surface area contributed by atoms with Crippen LogP contribution in [0.4, 0.5) is 0 Å². The number of rotatable bonds is 6. The van der Waals surface area contributed by atoms with Crippen LogP contribution in [0.1, 0.15) is 59.3 Å². The minimum absolute atomic E-state index is 0.0704. The van der Waals surface area contributed by atoms with Crippen molar-refractivity contribution in [2.45, 2.75) is 70.9 Å². The van der Waals surface area contributed by atoms with E-state index in [0.717, 1.165) is 12.8 Å². The van der Waals surface area contributed by atoms with Crippen LogP contribution in [0.15, 0.2) is 0 Å². The fourth-order valence-electron chi connectivity index (χ4n) is 2.63. The Morgan fingerprint density at radius 3 is 2.47 bits per heavy atom.